The van der Waals surface area contributed by atoms with Gasteiger partial charge >= 0.3 is 6.36 Å². The molecule has 0 spiro atoms. The second-order valence-corrected chi connectivity index (χ2v) is 5.84. The van der Waals surface area contributed by atoms with Gasteiger partial charge in [-0.05, 0) is 12.1 Å². The van der Waals surface area contributed by atoms with Crippen molar-refractivity contribution in [2.45, 2.75) is 11.3 Å². The SMILES string of the molecule is C=CCN(CCO)S(=O)(=O)c1cccc(OC(F)(F)F)c1. The molecule has 0 bridgehead atoms. The number of rotatable bonds is 7. The third-order valence-corrected chi connectivity index (χ3v) is 4.22. The molecule has 1 N–H and O–H groups in total. The van der Waals surface area contributed by atoms with Gasteiger partial charge in [0.25, 0.3) is 0 Å². The van der Waals surface area contributed by atoms with Crippen LogP contribution in [0.4, 0.5) is 13.2 Å². The summed E-state index contributed by atoms with van der Waals surface area (Å²) in [5, 5.41) is 8.87. The number of aliphatic hydroxyl groups is 1. The lowest BCUT2D eigenvalue weighted by molar-refractivity contribution is -0.274. The highest BCUT2D eigenvalue weighted by Gasteiger charge is 2.32. The molecule has 0 saturated carbocycles. The number of hydrogen-bond donors (Lipinski definition) is 1. The molecule has 1 aromatic carbocycles. The van der Waals surface area contributed by atoms with Crippen LogP contribution in [-0.4, -0.2) is 43.9 Å². The average Bonchev–Trinajstić information content (AvgIpc) is 2.36. The highest BCUT2D eigenvalue weighted by atomic mass is 32.2. The van der Waals surface area contributed by atoms with Crippen molar-refractivity contribution in [3.8, 4) is 5.75 Å². The minimum atomic E-state index is -4.91. The second kappa shape index (κ2) is 6.92. The molecule has 0 aliphatic heterocycles. The topological polar surface area (TPSA) is 66.8 Å². The van der Waals surface area contributed by atoms with Crippen molar-refractivity contribution in [2.75, 3.05) is 19.7 Å². The van der Waals surface area contributed by atoms with Crippen molar-refractivity contribution in [3.63, 3.8) is 0 Å². The van der Waals surface area contributed by atoms with Crippen LogP contribution < -0.4 is 4.74 Å². The van der Waals surface area contributed by atoms with E-state index in [9.17, 15) is 21.6 Å². The van der Waals surface area contributed by atoms with Gasteiger partial charge in [-0.3, -0.25) is 0 Å². The Bertz CT molecular complexity index is 586. The Hall–Kier alpha value is -1.58. The van der Waals surface area contributed by atoms with Crippen LogP contribution >= 0.6 is 0 Å². The molecule has 0 aromatic heterocycles. The smallest absolute Gasteiger partial charge is 0.406 e. The second-order valence-electron chi connectivity index (χ2n) is 3.90. The first-order valence-electron chi connectivity index (χ1n) is 5.78. The quantitative estimate of drug-likeness (QED) is 0.776. The summed E-state index contributed by atoms with van der Waals surface area (Å²) in [5.74, 6) is -0.633. The molecular weight excluding hydrogens is 311 g/mol. The zero-order valence-electron chi connectivity index (χ0n) is 10.9. The van der Waals surface area contributed by atoms with Crippen molar-refractivity contribution in [1.82, 2.24) is 4.31 Å². The first-order chi connectivity index (χ1) is 9.70. The number of sulfonamides is 1. The Morgan fingerprint density at radius 3 is 2.57 bits per heavy atom. The minimum absolute atomic E-state index is 0.0761. The minimum Gasteiger partial charge on any atom is -0.406 e. The lowest BCUT2D eigenvalue weighted by atomic mass is 10.3. The van der Waals surface area contributed by atoms with Crippen molar-refractivity contribution >= 4 is 10.0 Å². The van der Waals surface area contributed by atoms with Crippen LogP contribution in [0, 0.1) is 0 Å². The van der Waals surface area contributed by atoms with Crippen LogP contribution in [0.1, 0.15) is 0 Å². The highest BCUT2D eigenvalue weighted by Crippen LogP contribution is 2.26. The molecule has 0 unspecified atom stereocenters. The number of hydrogen-bond acceptors (Lipinski definition) is 4. The normalized spacial score (nSPS) is 12.4. The number of alkyl halides is 3. The largest absolute Gasteiger partial charge is 0.573 e. The number of aliphatic hydroxyl groups excluding tert-OH is 1. The van der Waals surface area contributed by atoms with E-state index in [1.165, 1.54) is 6.08 Å². The molecular formula is C12H14F3NO4S. The summed E-state index contributed by atoms with van der Waals surface area (Å²) in [6.45, 7) is 2.70. The van der Waals surface area contributed by atoms with Gasteiger partial charge < -0.3 is 9.84 Å². The molecule has 0 aliphatic carbocycles. The molecule has 0 radical (unpaired) electrons. The van der Waals surface area contributed by atoms with Crippen molar-refractivity contribution in [3.05, 3.63) is 36.9 Å². The maximum absolute atomic E-state index is 12.3. The molecule has 1 aromatic rings. The molecule has 0 aliphatic rings. The Morgan fingerprint density at radius 2 is 2.05 bits per heavy atom. The van der Waals surface area contributed by atoms with E-state index in [0.717, 1.165) is 28.6 Å². The van der Waals surface area contributed by atoms with E-state index in [1.807, 2.05) is 0 Å². The van der Waals surface area contributed by atoms with Crippen molar-refractivity contribution in [2.24, 2.45) is 0 Å². The van der Waals surface area contributed by atoms with Crippen molar-refractivity contribution in [1.29, 1.82) is 0 Å². The molecule has 0 heterocycles. The first kappa shape index (κ1) is 17.5. The third-order valence-electron chi connectivity index (χ3n) is 2.36. The zero-order valence-corrected chi connectivity index (χ0v) is 11.7. The molecule has 0 amide bonds. The van der Waals surface area contributed by atoms with Gasteiger partial charge in [0, 0.05) is 19.2 Å². The molecule has 21 heavy (non-hydrogen) atoms. The van der Waals surface area contributed by atoms with Crippen LogP contribution in [0.3, 0.4) is 0 Å². The van der Waals surface area contributed by atoms with Gasteiger partial charge in [0.1, 0.15) is 5.75 Å². The molecule has 0 fully saturated rings. The Balaban J connectivity index is 3.12. The summed E-state index contributed by atoms with van der Waals surface area (Å²) in [5.41, 5.74) is 0. The van der Waals surface area contributed by atoms with Gasteiger partial charge in [-0.1, -0.05) is 12.1 Å². The van der Waals surface area contributed by atoms with E-state index in [1.54, 1.807) is 0 Å². The number of halogens is 3. The van der Waals surface area contributed by atoms with Gasteiger partial charge in [-0.25, -0.2) is 8.42 Å². The van der Waals surface area contributed by atoms with Crippen LogP contribution in [0.25, 0.3) is 0 Å². The van der Waals surface area contributed by atoms with E-state index in [0.29, 0.717) is 0 Å². The Labute approximate surface area is 120 Å². The van der Waals surface area contributed by atoms with Crippen LogP contribution in [0.5, 0.6) is 5.75 Å². The fourth-order valence-corrected chi connectivity index (χ4v) is 2.98. The summed E-state index contributed by atoms with van der Waals surface area (Å²) < 4.78 is 65.5. The Morgan fingerprint density at radius 1 is 1.38 bits per heavy atom. The van der Waals surface area contributed by atoms with E-state index in [2.05, 4.69) is 11.3 Å². The lowest BCUT2D eigenvalue weighted by Crippen LogP contribution is -2.33. The molecule has 118 valence electrons. The monoisotopic (exact) mass is 325 g/mol. The number of ether oxygens (including phenoxy) is 1. The molecule has 5 nitrogen and oxygen atoms in total. The van der Waals surface area contributed by atoms with E-state index in [4.69, 9.17) is 5.11 Å². The summed E-state index contributed by atoms with van der Waals surface area (Å²) in [4.78, 5) is -0.362. The maximum atomic E-state index is 12.3. The molecule has 0 saturated heterocycles. The summed E-state index contributed by atoms with van der Waals surface area (Å²) >= 11 is 0. The average molecular weight is 325 g/mol. The lowest BCUT2D eigenvalue weighted by Gasteiger charge is -2.20. The maximum Gasteiger partial charge on any atom is 0.573 e. The van der Waals surface area contributed by atoms with Crippen LogP contribution in [0.15, 0.2) is 41.8 Å². The standard InChI is InChI=1S/C12H14F3NO4S/c1-2-6-16(7-8-17)21(18,19)11-5-3-4-10(9-11)20-12(13,14)15/h2-5,9,17H,1,6-8H2. The van der Waals surface area contributed by atoms with E-state index < -0.39 is 28.7 Å². The number of benzene rings is 1. The predicted octanol–water partition coefficient (Wildman–Crippen LogP) is 1.75. The molecule has 0 atom stereocenters. The summed E-state index contributed by atoms with van der Waals surface area (Å²) in [7, 11) is -4.05. The van der Waals surface area contributed by atoms with Gasteiger partial charge in [-0.15, -0.1) is 19.8 Å². The van der Waals surface area contributed by atoms with Crippen LogP contribution in [-0.2, 0) is 10.0 Å². The van der Waals surface area contributed by atoms with Crippen LogP contribution in [0.2, 0.25) is 0 Å². The first-order valence-corrected chi connectivity index (χ1v) is 7.22. The fraction of sp³-hybridized carbons (Fsp3) is 0.333. The van der Waals surface area contributed by atoms with Gasteiger partial charge in [0.2, 0.25) is 10.0 Å². The van der Waals surface area contributed by atoms with Crippen molar-refractivity contribution < 1.29 is 31.4 Å². The summed E-state index contributed by atoms with van der Waals surface area (Å²) in [6.07, 6.45) is -3.60. The van der Waals surface area contributed by atoms with Gasteiger partial charge in [0.05, 0.1) is 11.5 Å². The third kappa shape index (κ3) is 5.03. The van der Waals surface area contributed by atoms with Gasteiger partial charge in [-0.2, -0.15) is 4.31 Å². The van der Waals surface area contributed by atoms with E-state index in [-0.39, 0.29) is 18.0 Å². The predicted molar refractivity (Wildman–Crippen MR) is 69.2 cm³/mol. The Kier molecular flexibility index (Phi) is 5.76. The fourth-order valence-electron chi connectivity index (χ4n) is 1.55. The molecule has 1 rings (SSSR count). The summed E-state index contributed by atoms with van der Waals surface area (Å²) in [6, 6.07) is 4.05. The van der Waals surface area contributed by atoms with Gasteiger partial charge in [0.15, 0.2) is 0 Å². The zero-order chi connectivity index (χ0) is 16.1. The van der Waals surface area contributed by atoms with E-state index >= 15 is 0 Å². The highest BCUT2D eigenvalue weighted by molar-refractivity contribution is 7.89. The number of nitrogens with zero attached hydrogens (tertiary/aromatic N) is 1. The molecule has 9 heteroatoms.